The molecule has 0 amide bonds. The van der Waals surface area contributed by atoms with Crippen molar-refractivity contribution in [3.63, 3.8) is 0 Å². The predicted octanol–water partition coefficient (Wildman–Crippen LogP) is 3.27. The fraction of sp³-hybridized carbons (Fsp3) is 0.312. The molecule has 1 atom stereocenters. The lowest BCUT2D eigenvalue weighted by molar-refractivity contribution is 0.0715. The first kappa shape index (κ1) is 14.5. The lowest BCUT2D eigenvalue weighted by Crippen LogP contribution is -2.27. The van der Waals surface area contributed by atoms with Crippen molar-refractivity contribution in [2.24, 2.45) is 0 Å². The summed E-state index contributed by atoms with van der Waals surface area (Å²) in [5.41, 5.74) is -0.138. The fourth-order valence-corrected chi connectivity index (χ4v) is 2.16. The van der Waals surface area contributed by atoms with Crippen LogP contribution in [0.15, 0.2) is 42.6 Å². The molecule has 1 N–H and O–H groups in total. The molecule has 4 heteroatoms. The summed E-state index contributed by atoms with van der Waals surface area (Å²) in [6.45, 7) is 4.32. The van der Waals surface area contributed by atoms with Crippen LogP contribution in [0, 0.1) is 5.82 Å². The van der Waals surface area contributed by atoms with Gasteiger partial charge in [0.05, 0.1) is 18.5 Å². The Morgan fingerprint density at radius 2 is 2.05 bits per heavy atom. The van der Waals surface area contributed by atoms with Gasteiger partial charge in [-0.15, -0.1) is 0 Å². The number of benzene rings is 1. The smallest absolute Gasteiger partial charge is 0.141 e. The van der Waals surface area contributed by atoms with Crippen molar-refractivity contribution >= 4 is 0 Å². The lowest BCUT2D eigenvalue weighted by Gasteiger charge is -2.27. The second kappa shape index (κ2) is 6.01. The molecule has 3 nitrogen and oxygen atoms in total. The zero-order valence-corrected chi connectivity index (χ0v) is 11.6. The number of hydrogen-bond donors (Lipinski definition) is 1. The van der Waals surface area contributed by atoms with Gasteiger partial charge in [-0.1, -0.05) is 19.1 Å². The van der Waals surface area contributed by atoms with Crippen molar-refractivity contribution in [2.75, 3.05) is 6.61 Å². The maximum atomic E-state index is 13.0. The number of nitrogens with zero attached hydrogens (tertiary/aromatic N) is 1. The molecule has 0 saturated heterocycles. The summed E-state index contributed by atoms with van der Waals surface area (Å²) in [5, 5.41) is 10.9. The van der Waals surface area contributed by atoms with Crippen LogP contribution in [-0.2, 0) is 5.60 Å². The second-order valence-corrected chi connectivity index (χ2v) is 4.54. The van der Waals surface area contributed by atoms with Gasteiger partial charge in [0.15, 0.2) is 0 Å². The van der Waals surface area contributed by atoms with Crippen molar-refractivity contribution in [3.05, 3.63) is 59.7 Å². The maximum absolute atomic E-state index is 13.0. The number of pyridine rings is 1. The molecule has 0 aliphatic rings. The average Bonchev–Trinajstić information content (AvgIpc) is 2.48. The third-order valence-corrected chi connectivity index (χ3v) is 3.29. The van der Waals surface area contributed by atoms with Gasteiger partial charge in [0.2, 0.25) is 0 Å². The number of aliphatic hydroxyl groups is 1. The van der Waals surface area contributed by atoms with Crippen LogP contribution < -0.4 is 4.74 Å². The number of ether oxygens (including phenoxy) is 1. The van der Waals surface area contributed by atoms with Gasteiger partial charge in [0.1, 0.15) is 17.2 Å². The number of halogens is 1. The molecule has 20 heavy (non-hydrogen) atoms. The van der Waals surface area contributed by atoms with E-state index in [4.69, 9.17) is 4.74 Å². The molecule has 1 unspecified atom stereocenters. The molecule has 0 radical (unpaired) electrons. The Bertz CT molecular complexity index is 571. The van der Waals surface area contributed by atoms with Crippen LogP contribution in [0.3, 0.4) is 0 Å². The summed E-state index contributed by atoms with van der Waals surface area (Å²) in [6.07, 6.45) is 1.55. The van der Waals surface area contributed by atoms with E-state index >= 15 is 0 Å². The van der Waals surface area contributed by atoms with Gasteiger partial charge < -0.3 is 9.84 Å². The van der Waals surface area contributed by atoms with Crippen LogP contribution in [0.2, 0.25) is 0 Å². The summed E-state index contributed by atoms with van der Waals surface area (Å²) in [7, 11) is 0. The van der Waals surface area contributed by atoms with E-state index in [-0.39, 0.29) is 0 Å². The molecule has 2 aromatic rings. The van der Waals surface area contributed by atoms with E-state index in [0.29, 0.717) is 30.0 Å². The van der Waals surface area contributed by atoms with E-state index in [1.54, 1.807) is 6.07 Å². The van der Waals surface area contributed by atoms with Crippen LogP contribution in [0.5, 0.6) is 5.75 Å². The van der Waals surface area contributed by atoms with Gasteiger partial charge in [-0.3, -0.25) is 4.98 Å². The molecule has 1 aromatic heterocycles. The quantitative estimate of drug-likeness (QED) is 0.910. The maximum Gasteiger partial charge on any atom is 0.141 e. The van der Waals surface area contributed by atoms with Gasteiger partial charge in [-0.05, 0) is 43.2 Å². The third-order valence-electron chi connectivity index (χ3n) is 3.29. The molecule has 1 aromatic carbocycles. The summed E-state index contributed by atoms with van der Waals surface area (Å²) >= 11 is 0. The van der Waals surface area contributed by atoms with Gasteiger partial charge in [-0.25, -0.2) is 4.39 Å². The van der Waals surface area contributed by atoms with Crippen LogP contribution >= 0.6 is 0 Å². The molecule has 0 aliphatic heterocycles. The Kier molecular flexibility index (Phi) is 4.35. The minimum Gasteiger partial charge on any atom is -0.494 e. The Morgan fingerprint density at radius 3 is 2.65 bits per heavy atom. The molecule has 2 rings (SSSR count). The van der Waals surface area contributed by atoms with Gasteiger partial charge in [0, 0.05) is 0 Å². The summed E-state index contributed by atoms with van der Waals surface area (Å²) in [4.78, 5) is 4.01. The summed E-state index contributed by atoms with van der Waals surface area (Å²) in [6, 6.07) is 10.1. The molecular formula is C16H18FNO2. The minimum absolute atomic E-state index is 0.421. The Morgan fingerprint density at radius 1 is 1.25 bits per heavy atom. The topological polar surface area (TPSA) is 42.4 Å². The molecule has 106 valence electrons. The zero-order chi connectivity index (χ0) is 14.6. The van der Waals surface area contributed by atoms with E-state index in [0.717, 1.165) is 6.20 Å². The average molecular weight is 275 g/mol. The zero-order valence-electron chi connectivity index (χ0n) is 11.6. The number of rotatable bonds is 5. The Balaban J connectivity index is 2.44. The molecule has 0 fully saturated rings. The van der Waals surface area contributed by atoms with Crippen LogP contribution in [-0.4, -0.2) is 16.7 Å². The highest BCUT2D eigenvalue weighted by molar-refractivity contribution is 5.37. The third kappa shape index (κ3) is 2.80. The highest BCUT2D eigenvalue weighted by Crippen LogP contribution is 2.33. The van der Waals surface area contributed by atoms with Crippen LogP contribution in [0.25, 0.3) is 0 Å². The van der Waals surface area contributed by atoms with E-state index < -0.39 is 11.4 Å². The molecular weight excluding hydrogens is 257 g/mol. The first-order valence-corrected chi connectivity index (χ1v) is 6.68. The molecule has 0 saturated carbocycles. The first-order chi connectivity index (χ1) is 9.60. The normalized spacial score (nSPS) is 13.8. The minimum atomic E-state index is -1.25. The van der Waals surface area contributed by atoms with Crippen molar-refractivity contribution in [1.29, 1.82) is 0 Å². The van der Waals surface area contributed by atoms with E-state index in [1.165, 1.54) is 12.1 Å². The monoisotopic (exact) mass is 275 g/mol. The van der Waals surface area contributed by atoms with Gasteiger partial charge >= 0.3 is 0 Å². The highest BCUT2D eigenvalue weighted by Gasteiger charge is 2.31. The van der Waals surface area contributed by atoms with Crippen LogP contribution in [0.1, 0.15) is 31.5 Å². The predicted molar refractivity (Wildman–Crippen MR) is 75.1 cm³/mol. The van der Waals surface area contributed by atoms with Gasteiger partial charge in [0.25, 0.3) is 0 Å². The standard InChI is InChI=1S/C16H18FNO2/c1-3-16(19,15-9-8-13(17)11-18-15)12-6-5-7-14(10-12)20-4-2/h5-11,19H,3-4H2,1-2H3. The van der Waals surface area contributed by atoms with Crippen molar-refractivity contribution in [1.82, 2.24) is 4.98 Å². The first-order valence-electron chi connectivity index (χ1n) is 6.68. The Hall–Kier alpha value is -1.94. The van der Waals surface area contributed by atoms with E-state index in [2.05, 4.69) is 4.98 Å². The van der Waals surface area contributed by atoms with E-state index in [9.17, 15) is 9.50 Å². The Labute approximate surface area is 118 Å². The lowest BCUT2D eigenvalue weighted by atomic mass is 9.87. The largest absolute Gasteiger partial charge is 0.494 e. The molecule has 0 aliphatic carbocycles. The van der Waals surface area contributed by atoms with Crippen molar-refractivity contribution in [3.8, 4) is 5.75 Å². The molecule has 1 heterocycles. The van der Waals surface area contributed by atoms with Gasteiger partial charge in [-0.2, -0.15) is 0 Å². The summed E-state index contributed by atoms with van der Waals surface area (Å²) in [5.74, 6) is 0.272. The van der Waals surface area contributed by atoms with E-state index in [1.807, 2.05) is 32.0 Å². The molecule has 0 bridgehead atoms. The van der Waals surface area contributed by atoms with Crippen molar-refractivity contribution < 1.29 is 14.2 Å². The SMILES string of the molecule is CCOc1cccc(C(O)(CC)c2ccc(F)cn2)c1. The van der Waals surface area contributed by atoms with Crippen molar-refractivity contribution in [2.45, 2.75) is 25.9 Å². The fourth-order valence-electron chi connectivity index (χ4n) is 2.16. The molecule has 0 spiro atoms. The number of aromatic nitrogens is 1. The highest BCUT2D eigenvalue weighted by atomic mass is 19.1. The van der Waals surface area contributed by atoms with Crippen LogP contribution in [0.4, 0.5) is 4.39 Å². The number of hydrogen-bond acceptors (Lipinski definition) is 3. The second-order valence-electron chi connectivity index (χ2n) is 4.54. The summed E-state index contributed by atoms with van der Waals surface area (Å²) < 4.78 is 18.4.